The molecular weight excluding hydrogens is 1450 g/mol. The predicted octanol–water partition coefficient (Wildman–Crippen LogP) is 13.2. The number of piperidine rings is 3. The lowest BCUT2D eigenvalue weighted by atomic mass is 10.0. The topological polar surface area (TPSA) is 230 Å². The molecule has 3 amide bonds. The van der Waals surface area contributed by atoms with Gasteiger partial charge in [0.05, 0.1) is 48.9 Å². The molecule has 28 heteroatoms. The summed E-state index contributed by atoms with van der Waals surface area (Å²) in [4.78, 5) is 42.9. The Morgan fingerprint density at radius 2 is 0.910 bits per heavy atom. The highest BCUT2D eigenvalue weighted by Gasteiger charge is 2.41. The number of sulfonamides is 3. The van der Waals surface area contributed by atoms with Crippen molar-refractivity contribution >= 4 is 136 Å². The number of aromatic hydroxyl groups is 1. The minimum atomic E-state index is -3.83. The van der Waals surface area contributed by atoms with E-state index in [9.17, 15) is 44.7 Å². The normalized spacial score (nSPS) is 18.3. The van der Waals surface area contributed by atoms with Gasteiger partial charge in [0, 0.05) is 87.5 Å². The number of ether oxygens (including phenoxy) is 4. The zero-order chi connectivity index (χ0) is 63.9. The molecule has 12 rings (SSSR count). The van der Waals surface area contributed by atoms with Gasteiger partial charge < -0.3 is 24.1 Å². The summed E-state index contributed by atoms with van der Waals surface area (Å²) in [6.45, 7) is 8.07. The van der Waals surface area contributed by atoms with Gasteiger partial charge >= 0.3 is 18.3 Å². The van der Waals surface area contributed by atoms with Crippen molar-refractivity contribution in [3.05, 3.63) is 160 Å². The molecule has 0 unspecified atom stereocenters. The standard InChI is InChI=1S/C23H27BrN2O5S.C19H18Br2N2O4S.C19H18Cl2N2O5S/c1-14-11-21(30-4)15(2)16(3)22(14)32(28,29)25-9-7-19(8-10-25)26-20-6-5-18(24)12-17(20)13-31-23(26)27;20-14-5-6-17-13(11-14)12-27-19(24)23(17)15-7-9-22(10-8-15)28(25,26)18-4-2-1-3-16(18)21;20-15-9-14(10-16(21)18(15)24)29(26,27)22-7-5-13(6-8-22)23-17-4-2-1-3-12(17)11-28-19(23)25/h5-6,11-12,19H,7-10,13H2,1-4H3;1-6,11,15H,7-10,12H2;1-4,9-10,13,24H,5-8,11H2. The quantitative estimate of drug-likeness (QED) is 0.126. The monoisotopic (exact) mass is 1510 g/mol. The second-order valence-electron chi connectivity index (χ2n) is 22.0. The third-order valence-electron chi connectivity index (χ3n) is 16.7. The van der Waals surface area contributed by atoms with Crippen molar-refractivity contribution in [2.75, 3.05) is 61.1 Å². The number of para-hydroxylation sites is 1. The van der Waals surface area contributed by atoms with E-state index < -0.39 is 36.2 Å². The Bertz CT molecular complexity index is 4070. The Labute approximate surface area is 553 Å². The van der Waals surface area contributed by atoms with Crippen molar-refractivity contribution in [3.8, 4) is 11.5 Å². The first kappa shape index (κ1) is 66.4. The Hall–Kier alpha value is -5.52. The number of phenolic OH excluding ortho intramolecular Hbond substituents is 1. The maximum atomic E-state index is 13.5. The molecule has 0 saturated carbocycles. The number of fused-ring (bicyclic) bond motifs is 3. The van der Waals surface area contributed by atoms with E-state index in [1.807, 2.05) is 74.5 Å². The van der Waals surface area contributed by atoms with Crippen LogP contribution in [0.1, 0.15) is 71.9 Å². The number of cyclic esters (lactones) is 3. The number of halogens is 5. The summed E-state index contributed by atoms with van der Waals surface area (Å²) in [6.07, 6.45) is 1.93. The fourth-order valence-electron chi connectivity index (χ4n) is 12.1. The Balaban J connectivity index is 0.000000147. The van der Waals surface area contributed by atoms with Gasteiger partial charge in [-0.05, 0) is 165 Å². The number of hydrogen-bond acceptors (Lipinski definition) is 14. The van der Waals surface area contributed by atoms with Crippen molar-refractivity contribution in [1.82, 2.24) is 12.9 Å². The van der Waals surface area contributed by atoms with Crippen LogP contribution >= 0.6 is 71.0 Å². The summed E-state index contributed by atoms with van der Waals surface area (Å²) in [5.41, 5.74) is 7.50. The first-order chi connectivity index (χ1) is 42.3. The average Bonchev–Trinajstić information content (AvgIpc) is 0.941. The van der Waals surface area contributed by atoms with E-state index in [1.54, 1.807) is 59.1 Å². The van der Waals surface area contributed by atoms with E-state index in [-0.39, 0.29) is 88.8 Å². The van der Waals surface area contributed by atoms with E-state index in [4.69, 9.17) is 42.1 Å². The predicted molar refractivity (Wildman–Crippen MR) is 348 cm³/mol. The molecule has 6 heterocycles. The summed E-state index contributed by atoms with van der Waals surface area (Å²) in [7, 11) is -9.50. The molecule has 474 valence electrons. The molecule has 0 aliphatic carbocycles. The van der Waals surface area contributed by atoms with Crippen molar-refractivity contribution < 1.29 is 63.7 Å². The second kappa shape index (κ2) is 27.4. The van der Waals surface area contributed by atoms with E-state index in [1.165, 1.54) is 25.0 Å². The van der Waals surface area contributed by atoms with Crippen molar-refractivity contribution in [2.24, 2.45) is 0 Å². The van der Waals surface area contributed by atoms with Gasteiger partial charge in [-0.2, -0.15) is 12.9 Å². The fourth-order valence-corrected chi connectivity index (χ4v) is 19.4. The summed E-state index contributed by atoms with van der Waals surface area (Å²) >= 11 is 22.0. The largest absolute Gasteiger partial charge is 0.505 e. The molecule has 0 aromatic heterocycles. The minimum absolute atomic E-state index is 0.0773. The minimum Gasteiger partial charge on any atom is -0.505 e. The Morgan fingerprint density at radius 3 is 1.37 bits per heavy atom. The smallest absolute Gasteiger partial charge is 0.414 e. The number of carbonyl (C=O) groups is 3. The van der Waals surface area contributed by atoms with Gasteiger partial charge in [-0.25, -0.2) is 39.6 Å². The molecular formula is C61H63Br3Cl2N6O14S3. The molecule has 6 aliphatic heterocycles. The SMILES string of the molecule is COc1cc(C)c(S(=O)(=O)N2CCC(N3C(=O)OCc4cc(Br)ccc43)CC2)c(C)c1C.O=C1OCc2cc(Br)ccc2N1C1CCN(S(=O)(=O)c2ccccc2Br)CC1.O=C1OCc2ccccc2N1C1CCN(S(=O)(=O)c2cc(Cl)c(O)c(Cl)c2)CC1. The molecule has 20 nitrogen and oxygen atoms in total. The lowest BCUT2D eigenvalue weighted by Crippen LogP contribution is -2.50. The lowest BCUT2D eigenvalue weighted by Gasteiger charge is -2.40. The highest BCUT2D eigenvalue weighted by atomic mass is 79.9. The summed E-state index contributed by atoms with van der Waals surface area (Å²) in [5.74, 6) is 0.333. The maximum Gasteiger partial charge on any atom is 0.414 e. The highest BCUT2D eigenvalue weighted by Crippen LogP contribution is 2.41. The number of nitrogens with zero attached hydrogens (tertiary/aromatic N) is 6. The van der Waals surface area contributed by atoms with Gasteiger partial charge in [0.15, 0.2) is 5.75 Å². The summed E-state index contributed by atoms with van der Waals surface area (Å²) in [6, 6.07) is 29.6. The molecule has 1 N–H and O–H groups in total. The van der Waals surface area contributed by atoms with Crippen LogP contribution in [0.25, 0.3) is 0 Å². The van der Waals surface area contributed by atoms with Crippen molar-refractivity contribution in [3.63, 3.8) is 0 Å². The lowest BCUT2D eigenvalue weighted by molar-refractivity contribution is 0.135. The third kappa shape index (κ3) is 13.7. The van der Waals surface area contributed by atoms with Gasteiger partial charge in [0.1, 0.15) is 25.6 Å². The molecule has 89 heavy (non-hydrogen) atoms. The fraction of sp³-hybridized carbons (Fsp3) is 0.361. The van der Waals surface area contributed by atoms with Crippen LogP contribution in [0.15, 0.2) is 131 Å². The molecule has 0 atom stereocenters. The molecule has 6 aromatic rings. The zero-order valence-corrected chi connectivity index (χ0v) is 57.4. The Kier molecular flexibility index (Phi) is 20.4. The summed E-state index contributed by atoms with van der Waals surface area (Å²) < 4.78 is 107. The molecule has 0 spiro atoms. The molecule has 6 aromatic carbocycles. The van der Waals surface area contributed by atoms with Crippen molar-refractivity contribution in [1.29, 1.82) is 0 Å². The van der Waals surface area contributed by atoms with Gasteiger partial charge in [-0.3, -0.25) is 14.7 Å². The van der Waals surface area contributed by atoms with Crippen LogP contribution in [-0.2, 0) is 64.1 Å². The van der Waals surface area contributed by atoms with Gasteiger partial charge in [0.2, 0.25) is 30.1 Å². The van der Waals surface area contributed by atoms with E-state index in [2.05, 4.69) is 47.8 Å². The third-order valence-corrected chi connectivity index (χ3v) is 25.3. The maximum absolute atomic E-state index is 13.5. The first-order valence-corrected chi connectivity index (χ1v) is 35.9. The number of hydrogen-bond donors (Lipinski definition) is 1. The first-order valence-electron chi connectivity index (χ1n) is 28.4. The van der Waals surface area contributed by atoms with Crippen LogP contribution in [-0.4, -0.2) is 126 Å². The molecule has 3 fully saturated rings. The number of carbonyl (C=O) groups excluding carboxylic acids is 3. The number of rotatable bonds is 10. The molecule has 6 aliphatic rings. The number of benzene rings is 6. The number of aryl methyl sites for hydroxylation is 1. The van der Waals surface area contributed by atoms with Crippen LogP contribution < -0.4 is 19.4 Å². The highest BCUT2D eigenvalue weighted by molar-refractivity contribution is 9.11. The van der Waals surface area contributed by atoms with E-state index in [0.29, 0.717) is 90.9 Å². The van der Waals surface area contributed by atoms with Crippen LogP contribution in [0.4, 0.5) is 31.4 Å². The molecule has 3 saturated heterocycles. The number of anilines is 3. The van der Waals surface area contributed by atoms with Crippen LogP contribution in [0.3, 0.4) is 0 Å². The number of amides is 3. The Morgan fingerprint density at radius 1 is 0.506 bits per heavy atom. The van der Waals surface area contributed by atoms with Gasteiger partial charge in [-0.15, -0.1) is 0 Å². The second-order valence-corrected chi connectivity index (χ2v) is 31.2. The van der Waals surface area contributed by atoms with Crippen LogP contribution in [0, 0.1) is 20.8 Å². The van der Waals surface area contributed by atoms with E-state index >= 15 is 0 Å². The molecule has 0 radical (unpaired) electrons. The summed E-state index contributed by atoms with van der Waals surface area (Å²) in [5, 5.41) is 9.42. The van der Waals surface area contributed by atoms with Gasteiger partial charge in [-0.1, -0.05) is 85.4 Å². The van der Waals surface area contributed by atoms with Crippen molar-refractivity contribution in [2.45, 2.75) is 112 Å². The zero-order valence-electron chi connectivity index (χ0n) is 48.7. The number of phenols is 1. The number of methoxy groups -OCH3 is 1. The van der Waals surface area contributed by atoms with Crippen LogP contribution in [0.5, 0.6) is 11.5 Å². The average molecular weight is 1510 g/mol. The molecule has 0 bridgehead atoms. The van der Waals surface area contributed by atoms with Gasteiger partial charge in [0.25, 0.3) is 0 Å². The van der Waals surface area contributed by atoms with Crippen LogP contribution in [0.2, 0.25) is 10.0 Å². The van der Waals surface area contributed by atoms with E-state index in [0.717, 1.165) is 48.3 Å².